The number of rotatable bonds is 16. The Balaban J connectivity index is 1.02. The van der Waals surface area contributed by atoms with Crippen molar-refractivity contribution in [3.63, 3.8) is 0 Å². The predicted octanol–water partition coefficient (Wildman–Crippen LogP) is 10.3. The van der Waals surface area contributed by atoms with E-state index in [4.69, 9.17) is 0 Å². The van der Waals surface area contributed by atoms with Crippen LogP contribution in [-0.2, 0) is 23.2 Å². The standard InChI is InChI=1S/C49H52F3N7O4S2/c1-34-11-9-12-36(18-17-34)48-46(47(49(50,51)52)35(2)56(48)5)37-13-10-14-41(31-37)58-29-27-57(28-30-58)40-21-19-38(20-22-40)54-65(62,63)43-23-24-44(45(32-43)59(60)61)53-39(25-26-55(3)4)33-64-42-15-7-6-8-16-42/h6-8,10,13-24,31-32,39,53-54H,11,25-30,33H2,1-5H3/t39-/m1/s1. The van der Waals surface area contributed by atoms with Gasteiger partial charge < -0.3 is 24.6 Å². The number of sulfonamides is 1. The summed E-state index contributed by atoms with van der Waals surface area (Å²) in [6.45, 7) is 6.60. The van der Waals surface area contributed by atoms with Crippen LogP contribution in [0.25, 0.3) is 16.7 Å². The number of hydrogen-bond acceptors (Lipinski definition) is 9. The van der Waals surface area contributed by atoms with Crippen molar-refractivity contribution >= 4 is 55.8 Å². The maximum Gasteiger partial charge on any atom is 0.418 e. The Morgan fingerprint density at radius 3 is 2.25 bits per heavy atom. The summed E-state index contributed by atoms with van der Waals surface area (Å²) in [5, 5.41) is 15.6. The van der Waals surface area contributed by atoms with E-state index in [1.807, 2.05) is 86.6 Å². The van der Waals surface area contributed by atoms with Gasteiger partial charge >= 0.3 is 6.18 Å². The molecule has 1 fully saturated rings. The first-order valence-corrected chi connectivity index (χ1v) is 23.7. The van der Waals surface area contributed by atoms with Crippen LogP contribution in [-0.4, -0.2) is 81.4 Å². The molecule has 16 heteroatoms. The highest BCUT2D eigenvalue weighted by Gasteiger charge is 2.40. The fourth-order valence-corrected chi connectivity index (χ4v) is 10.1. The molecule has 1 aliphatic carbocycles. The molecule has 1 aromatic heterocycles. The molecule has 0 unspecified atom stereocenters. The van der Waals surface area contributed by atoms with Crippen LogP contribution in [0.1, 0.15) is 36.7 Å². The second kappa shape index (κ2) is 19.9. The molecule has 0 saturated carbocycles. The number of piperazine rings is 1. The average molecular weight is 924 g/mol. The molecule has 5 aromatic rings. The number of nitro groups is 1. The molecule has 11 nitrogen and oxygen atoms in total. The summed E-state index contributed by atoms with van der Waals surface area (Å²) in [7, 11) is 1.38. The van der Waals surface area contributed by atoms with Crippen molar-refractivity contribution < 1.29 is 26.5 Å². The zero-order chi connectivity index (χ0) is 46.5. The molecular weight excluding hydrogens is 872 g/mol. The zero-order valence-electron chi connectivity index (χ0n) is 36.9. The number of nitro benzene ring substituents is 1. The number of alkyl halides is 3. The lowest BCUT2D eigenvalue weighted by Gasteiger charge is -2.37. The Hall–Kier alpha value is -6.15. The summed E-state index contributed by atoms with van der Waals surface area (Å²) >= 11 is 1.64. The predicted molar refractivity (Wildman–Crippen MR) is 257 cm³/mol. The molecule has 1 aliphatic heterocycles. The van der Waals surface area contributed by atoms with Gasteiger partial charge in [0.05, 0.1) is 21.1 Å². The minimum absolute atomic E-state index is 0.114. The van der Waals surface area contributed by atoms with Gasteiger partial charge in [0.15, 0.2) is 0 Å². The third-order valence-corrected chi connectivity index (χ3v) is 14.1. The lowest BCUT2D eigenvalue weighted by Crippen LogP contribution is -2.46. The summed E-state index contributed by atoms with van der Waals surface area (Å²) in [6.07, 6.45) is 0.377. The van der Waals surface area contributed by atoms with Crippen LogP contribution in [0.4, 0.5) is 41.6 Å². The number of benzene rings is 4. The highest BCUT2D eigenvalue weighted by molar-refractivity contribution is 7.99. The first-order valence-electron chi connectivity index (χ1n) is 21.2. The van der Waals surface area contributed by atoms with E-state index in [0.717, 1.165) is 34.5 Å². The maximum atomic E-state index is 14.8. The number of allylic oxidation sites excluding steroid dienone is 4. The van der Waals surface area contributed by atoms with Crippen molar-refractivity contribution in [1.82, 2.24) is 9.47 Å². The average Bonchev–Trinajstić information content (AvgIpc) is 3.38. The third-order valence-electron chi connectivity index (χ3n) is 11.6. The molecule has 0 amide bonds. The Bertz CT molecular complexity index is 2770. The van der Waals surface area contributed by atoms with E-state index < -0.39 is 26.7 Å². The van der Waals surface area contributed by atoms with Gasteiger partial charge in [0.1, 0.15) is 5.69 Å². The summed E-state index contributed by atoms with van der Waals surface area (Å²) in [4.78, 5) is 18.9. The molecule has 2 aliphatic rings. The second-order valence-electron chi connectivity index (χ2n) is 16.5. The van der Waals surface area contributed by atoms with E-state index in [2.05, 4.69) is 31.7 Å². The van der Waals surface area contributed by atoms with E-state index >= 15 is 0 Å². The van der Waals surface area contributed by atoms with E-state index in [1.54, 1.807) is 53.7 Å². The summed E-state index contributed by atoms with van der Waals surface area (Å²) in [6, 6.07) is 27.8. The number of anilines is 4. The number of hydrogen-bond donors (Lipinski definition) is 2. The first kappa shape index (κ1) is 46.8. The fourth-order valence-electron chi connectivity index (χ4n) is 8.02. The number of halogens is 3. The van der Waals surface area contributed by atoms with Gasteiger partial charge in [-0.25, -0.2) is 8.42 Å². The Morgan fingerprint density at radius 2 is 1.58 bits per heavy atom. The molecule has 1 saturated heterocycles. The monoisotopic (exact) mass is 923 g/mol. The van der Waals surface area contributed by atoms with Crippen LogP contribution in [0.15, 0.2) is 125 Å². The van der Waals surface area contributed by atoms with Crippen molar-refractivity contribution in [3.05, 3.63) is 142 Å². The van der Waals surface area contributed by atoms with Crippen molar-refractivity contribution in [2.45, 2.75) is 48.7 Å². The number of nitrogens with zero attached hydrogens (tertiary/aromatic N) is 5. The SMILES string of the molecule is CC1=CC=C(c2c(-c3cccc(N4CCN(c5ccc(NS(=O)(=O)c6ccc(N[C@H](CCN(C)C)CSc7ccccc7)c([N+](=O)[O-])c6)cc5)CC4)c3)c(C(F)(F)F)c(C)n2C)C#CC1. The summed E-state index contributed by atoms with van der Waals surface area (Å²) in [5.41, 5.74) is 3.89. The number of nitrogens with one attached hydrogen (secondary N) is 2. The third kappa shape index (κ3) is 11.2. The lowest BCUT2D eigenvalue weighted by atomic mass is 9.96. The number of thioether (sulfide) groups is 1. The van der Waals surface area contributed by atoms with Crippen LogP contribution in [0, 0.1) is 28.9 Å². The fraction of sp³-hybridized carbons (Fsp3) is 0.306. The van der Waals surface area contributed by atoms with E-state index in [9.17, 15) is 31.7 Å². The second-order valence-corrected chi connectivity index (χ2v) is 19.3. The smallest absolute Gasteiger partial charge is 0.376 e. The minimum atomic E-state index is -4.58. The van der Waals surface area contributed by atoms with Crippen molar-refractivity contribution in [2.75, 3.05) is 72.4 Å². The molecule has 2 heterocycles. The Morgan fingerprint density at radius 1 is 0.892 bits per heavy atom. The van der Waals surface area contributed by atoms with Crippen LogP contribution in [0.5, 0.6) is 0 Å². The molecule has 2 N–H and O–H groups in total. The molecular formula is C49H52F3N7O4S2. The quantitative estimate of drug-likeness (QED) is 0.0432. The van der Waals surface area contributed by atoms with Crippen molar-refractivity contribution in [3.8, 4) is 23.0 Å². The molecule has 4 aromatic carbocycles. The van der Waals surface area contributed by atoms with Crippen molar-refractivity contribution in [2.24, 2.45) is 7.05 Å². The molecule has 65 heavy (non-hydrogen) atoms. The van der Waals surface area contributed by atoms with Crippen LogP contribution in [0.2, 0.25) is 0 Å². The van der Waals surface area contributed by atoms with Crippen molar-refractivity contribution in [1.29, 1.82) is 0 Å². The molecule has 0 radical (unpaired) electrons. The zero-order valence-corrected chi connectivity index (χ0v) is 38.6. The van der Waals surface area contributed by atoms with Gasteiger partial charge in [0, 0.05) is 96.3 Å². The summed E-state index contributed by atoms with van der Waals surface area (Å²) < 4.78 is 75.6. The van der Waals surface area contributed by atoms with Gasteiger partial charge in [-0.1, -0.05) is 53.8 Å². The molecule has 1 atom stereocenters. The van der Waals surface area contributed by atoms with E-state index in [-0.39, 0.29) is 33.6 Å². The van der Waals surface area contributed by atoms with Gasteiger partial charge in [0.25, 0.3) is 15.7 Å². The topological polar surface area (TPSA) is 116 Å². The van der Waals surface area contributed by atoms with Gasteiger partial charge in [-0.05, 0) is 113 Å². The minimum Gasteiger partial charge on any atom is -0.376 e. The first-order chi connectivity index (χ1) is 31.0. The summed E-state index contributed by atoms with van der Waals surface area (Å²) in [5.74, 6) is 6.85. The van der Waals surface area contributed by atoms with E-state index in [1.165, 1.54) is 19.1 Å². The van der Waals surface area contributed by atoms with Gasteiger partial charge in [-0.2, -0.15) is 13.2 Å². The van der Waals surface area contributed by atoms with Gasteiger partial charge in [-0.3, -0.25) is 14.8 Å². The van der Waals surface area contributed by atoms with Crippen LogP contribution < -0.4 is 19.8 Å². The Labute approximate surface area is 383 Å². The molecule has 340 valence electrons. The van der Waals surface area contributed by atoms with Gasteiger partial charge in [-0.15, -0.1) is 11.8 Å². The highest BCUT2D eigenvalue weighted by Crippen LogP contribution is 2.45. The normalized spacial score (nSPS) is 14.8. The largest absolute Gasteiger partial charge is 0.418 e. The molecule has 0 spiro atoms. The van der Waals surface area contributed by atoms with Gasteiger partial charge in [0.2, 0.25) is 0 Å². The van der Waals surface area contributed by atoms with Crippen LogP contribution >= 0.6 is 11.8 Å². The molecule has 0 bridgehead atoms. The van der Waals surface area contributed by atoms with Crippen LogP contribution in [0.3, 0.4) is 0 Å². The number of aromatic nitrogens is 1. The lowest BCUT2D eigenvalue weighted by molar-refractivity contribution is -0.384. The maximum absolute atomic E-state index is 14.8. The van der Waals surface area contributed by atoms with E-state index in [0.29, 0.717) is 67.3 Å². The molecule has 7 rings (SSSR count). The Kier molecular flexibility index (Phi) is 14.4. The highest BCUT2D eigenvalue weighted by atomic mass is 32.2.